The standard InChI is InChI=1S/C24H25N3O2S/c1-16-11-12-19(13-17(16)2)25-22(28)14-27-23(29)20-9-6-10-21(20)26-24(27)30-15-18-7-4-3-5-8-18/h3-5,7-8,11-13H,6,9-10,14-15H2,1-2H3,(H,25,28). The molecule has 0 spiro atoms. The van der Waals surface area contributed by atoms with Crippen molar-refractivity contribution in [1.29, 1.82) is 0 Å². The minimum Gasteiger partial charge on any atom is -0.325 e. The summed E-state index contributed by atoms with van der Waals surface area (Å²) >= 11 is 1.50. The van der Waals surface area contributed by atoms with Crippen LogP contribution in [0.25, 0.3) is 0 Å². The fourth-order valence-corrected chi connectivity index (χ4v) is 4.61. The molecule has 30 heavy (non-hydrogen) atoms. The maximum atomic E-state index is 13.1. The molecule has 0 unspecified atom stereocenters. The van der Waals surface area contributed by atoms with Gasteiger partial charge in [-0.1, -0.05) is 48.2 Å². The highest BCUT2D eigenvalue weighted by molar-refractivity contribution is 7.98. The summed E-state index contributed by atoms with van der Waals surface area (Å²) in [5, 5.41) is 3.53. The molecule has 0 atom stereocenters. The number of fused-ring (bicyclic) bond motifs is 1. The molecule has 0 fully saturated rings. The van der Waals surface area contributed by atoms with Gasteiger partial charge in [0.05, 0.1) is 5.69 Å². The third kappa shape index (κ3) is 4.49. The molecule has 3 aromatic rings. The smallest absolute Gasteiger partial charge is 0.258 e. The van der Waals surface area contributed by atoms with E-state index in [0.29, 0.717) is 10.9 Å². The molecule has 4 rings (SSSR count). The summed E-state index contributed by atoms with van der Waals surface area (Å²) in [6.45, 7) is 4.01. The Labute approximate surface area is 180 Å². The zero-order valence-electron chi connectivity index (χ0n) is 17.3. The van der Waals surface area contributed by atoms with Gasteiger partial charge in [0.2, 0.25) is 5.91 Å². The first-order valence-electron chi connectivity index (χ1n) is 10.2. The summed E-state index contributed by atoms with van der Waals surface area (Å²) in [5.74, 6) is 0.479. The predicted molar refractivity (Wildman–Crippen MR) is 121 cm³/mol. The fraction of sp³-hybridized carbons (Fsp3) is 0.292. The minimum atomic E-state index is -0.221. The summed E-state index contributed by atoms with van der Waals surface area (Å²) in [6.07, 6.45) is 2.52. The molecular weight excluding hydrogens is 394 g/mol. The molecule has 154 valence electrons. The number of amides is 1. The quantitative estimate of drug-likeness (QED) is 0.478. The summed E-state index contributed by atoms with van der Waals surface area (Å²) in [6, 6.07) is 15.9. The third-order valence-electron chi connectivity index (χ3n) is 5.46. The Balaban J connectivity index is 1.58. The van der Waals surface area contributed by atoms with Crippen LogP contribution in [0.2, 0.25) is 0 Å². The highest BCUT2D eigenvalue weighted by Crippen LogP contribution is 2.24. The number of carbonyl (C=O) groups is 1. The van der Waals surface area contributed by atoms with E-state index in [1.165, 1.54) is 21.9 Å². The second kappa shape index (κ2) is 8.88. The number of aromatic nitrogens is 2. The number of hydrogen-bond acceptors (Lipinski definition) is 4. The van der Waals surface area contributed by atoms with Gasteiger partial charge in [0.25, 0.3) is 5.56 Å². The van der Waals surface area contributed by atoms with E-state index in [9.17, 15) is 9.59 Å². The number of aryl methyl sites for hydroxylation is 3. The molecule has 1 N–H and O–H groups in total. The Morgan fingerprint density at radius 1 is 1.10 bits per heavy atom. The number of benzene rings is 2. The van der Waals surface area contributed by atoms with Gasteiger partial charge >= 0.3 is 0 Å². The summed E-state index contributed by atoms with van der Waals surface area (Å²) in [5.41, 5.74) is 5.75. The van der Waals surface area contributed by atoms with Gasteiger partial charge in [0, 0.05) is 17.0 Å². The largest absolute Gasteiger partial charge is 0.325 e. The average molecular weight is 420 g/mol. The second-order valence-corrected chi connectivity index (χ2v) is 8.63. The van der Waals surface area contributed by atoms with Crippen molar-refractivity contribution in [2.45, 2.75) is 50.6 Å². The van der Waals surface area contributed by atoms with Crippen LogP contribution in [-0.2, 0) is 29.9 Å². The molecule has 6 heteroatoms. The molecule has 0 saturated carbocycles. The molecule has 5 nitrogen and oxygen atoms in total. The Morgan fingerprint density at radius 3 is 2.67 bits per heavy atom. The number of thioether (sulfide) groups is 1. The molecule has 1 aromatic heterocycles. The van der Waals surface area contributed by atoms with Gasteiger partial charge in [-0.25, -0.2) is 4.98 Å². The maximum Gasteiger partial charge on any atom is 0.258 e. The molecule has 0 bridgehead atoms. The van der Waals surface area contributed by atoms with Crippen molar-refractivity contribution in [1.82, 2.24) is 9.55 Å². The van der Waals surface area contributed by atoms with Crippen LogP contribution in [0.3, 0.4) is 0 Å². The van der Waals surface area contributed by atoms with E-state index in [1.807, 2.05) is 50.2 Å². The van der Waals surface area contributed by atoms with Crippen molar-refractivity contribution in [2.75, 3.05) is 5.32 Å². The highest BCUT2D eigenvalue weighted by atomic mass is 32.2. The van der Waals surface area contributed by atoms with Crippen LogP contribution >= 0.6 is 11.8 Å². The Bertz CT molecular complexity index is 1140. The van der Waals surface area contributed by atoms with Gasteiger partial charge in [-0.2, -0.15) is 0 Å². The van der Waals surface area contributed by atoms with Gasteiger partial charge < -0.3 is 5.32 Å². The van der Waals surface area contributed by atoms with Crippen LogP contribution in [0.5, 0.6) is 0 Å². The zero-order valence-corrected chi connectivity index (χ0v) is 18.1. The lowest BCUT2D eigenvalue weighted by atomic mass is 10.1. The van der Waals surface area contributed by atoms with Crippen LogP contribution in [0.1, 0.15) is 34.4 Å². The van der Waals surface area contributed by atoms with Crippen molar-refractivity contribution >= 4 is 23.4 Å². The van der Waals surface area contributed by atoms with E-state index in [4.69, 9.17) is 4.98 Å². The average Bonchev–Trinajstić information content (AvgIpc) is 3.21. The van der Waals surface area contributed by atoms with Crippen molar-refractivity contribution in [2.24, 2.45) is 0 Å². The van der Waals surface area contributed by atoms with E-state index in [1.54, 1.807) is 0 Å². The van der Waals surface area contributed by atoms with E-state index >= 15 is 0 Å². The Kier molecular flexibility index (Phi) is 6.04. The zero-order chi connectivity index (χ0) is 21.1. The van der Waals surface area contributed by atoms with Crippen LogP contribution in [-0.4, -0.2) is 15.5 Å². The third-order valence-corrected chi connectivity index (χ3v) is 6.50. The fourth-order valence-electron chi connectivity index (χ4n) is 3.64. The first-order chi connectivity index (χ1) is 14.5. The Morgan fingerprint density at radius 2 is 1.90 bits per heavy atom. The molecular formula is C24H25N3O2S. The van der Waals surface area contributed by atoms with Crippen molar-refractivity contribution < 1.29 is 4.79 Å². The van der Waals surface area contributed by atoms with Gasteiger partial charge in [-0.15, -0.1) is 0 Å². The van der Waals surface area contributed by atoms with E-state index < -0.39 is 0 Å². The van der Waals surface area contributed by atoms with E-state index in [0.717, 1.165) is 47.3 Å². The van der Waals surface area contributed by atoms with Gasteiger partial charge in [0.1, 0.15) is 6.54 Å². The molecule has 1 amide bonds. The van der Waals surface area contributed by atoms with Crippen molar-refractivity contribution in [3.05, 3.63) is 86.8 Å². The van der Waals surface area contributed by atoms with Gasteiger partial charge in [-0.3, -0.25) is 14.2 Å². The van der Waals surface area contributed by atoms with Crippen molar-refractivity contribution in [3.8, 4) is 0 Å². The lowest BCUT2D eigenvalue weighted by molar-refractivity contribution is -0.116. The topological polar surface area (TPSA) is 64.0 Å². The minimum absolute atomic E-state index is 0.0385. The summed E-state index contributed by atoms with van der Waals surface area (Å²) < 4.78 is 1.54. The molecule has 2 aromatic carbocycles. The van der Waals surface area contributed by atoms with Gasteiger partial charge in [0.15, 0.2) is 5.16 Å². The SMILES string of the molecule is Cc1ccc(NC(=O)Cn2c(SCc3ccccc3)nc3c(c2=O)CCC3)cc1C. The second-order valence-electron chi connectivity index (χ2n) is 7.69. The number of carbonyl (C=O) groups excluding carboxylic acids is 1. The first-order valence-corrected chi connectivity index (χ1v) is 11.2. The lowest BCUT2D eigenvalue weighted by Crippen LogP contribution is -2.32. The van der Waals surface area contributed by atoms with Crippen LogP contribution in [0, 0.1) is 13.8 Å². The molecule has 0 saturated heterocycles. The summed E-state index contributed by atoms with van der Waals surface area (Å²) in [7, 11) is 0. The molecule has 1 aliphatic rings. The lowest BCUT2D eigenvalue weighted by Gasteiger charge is -2.14. The number of rotatable bonds is 6. The maximum absolute atomic E-state index is 13.1. The van der Waals surface area contributed by atoms with E-state index in [2.05, 4.69) is 17.4 Å². The molecule has 1 heterocycles. The number of hydrogen-bond donors (Lipinski definition) is 1. The first kappa shape index (κ1) is 20.4. The number of nitrogens with zero attached hydrogens (tertiary/aromatic N) is 2. The van der Waals surface area contributed by atoms with Gasteiger partial charge in [-0.05, 0) is 61.9 Å². The van der Waals surface area contributed by atoms with E-state index in [-0.39, 0.29) is 18.0 Å². The summed E-state index contributed by atoms with van der Waals surface area (Å²) in [4.78, 5) is 30.6. The Hall–Kier alpha value is -2.86. The van der Waals surface area contributed by atoms with Crippen molar-refractivity contribution in [3.63, 3.8) is 0 Å². The molecule has 1 aliphatic carbocycles. The molecule has 0 radical (unpaired) electrons. The number of anilines is 1. The predicted octanol–water partition coefficient (Wildman–Crippen LogP) is 4.28. The highest BCUT2D eigenvalue weighted by Gasteiger charge is 2.22. The van der Waals surface area contributed by atoms with Crippen LogP contribution < -0.4 is 10.9 Å². The van der Waals surface area contributed by atoms with Crippen LogP contribution in [0.4, 0.5) is 5.69 Å². The molecule has 0 aliphatic heterocycles. The number of nitrogens with one attached hydrogen (secondary N) is 1. The van der Waals surface area contributed by atoms with Crippen LogP contribution in [0.15, 0.2) is 58.5 Å². The monoisotopic (exact) mass is 419 g/mol. The normalized spacial score (nSPS) is 12.6.